The molecule has 3 heteroatoms. The van der Waals surface area contributed by atoms with Crippen molar-refractivity contribution in [1.82, 2.24) is 10.6 Å². The molecule has 90 valence electrons. The average molecular weight is 222 g/mol. The van der Waals surface area contributed by atoms with Crippen LogP contribution in [0.4, 0.5) is 0 Å². The number of hydrogen-bond acceptors (Lipinski definition) is 2. The standard InChI is InChI=1S/C13H22N2O/c16-13(11-5-7-14-8-6-11)15-12(9-1-2-9)10-3-4-10/h9-12,14H,1-8H2,(H,15,16). The molecule has 16 heavy (non-hydrogen) atoms. The molecule has 0 aromatic rings. The Labute approximate surface area is 97.4 Å². The number of carbonyl (C=O) groups excluding carboxylic acids is 1. The van der Waals surface area contributed by atoms with Crippen LogP contribution in [0.25, 0.3) is 0 Å². The number of piperidine rings is 1. The molecule has 1 aliphatic heterocycles. The molecule has 3 nitrogen and oxygen atoms in total. The molecule has 0 aromatic heterocycles. The predicted molar refractivity (Wildman–Crippen MR) is 63.0 cm³/mol. The van der Waals surface area contributed by atoms with Gasteiger partial charge in [0, 0.05) is 12.0 Å². The Morgan fingerprint density at radius 3 is 2.06 bits per heavy atom. The van der Waals surface area contributed by atoms with Gasteiger partial charge < -0.3 is 10.6 Å². The third-order valence-corrected chi connectivity index (χ3v) is 4.28. The first kappa shape index (κ1) is 10.6. The molecule has 2 saturated carbocycles. The monoisotopic (exact) mass is 222 g/mol. The summed E-state index contributed by atoms with van der Waals surface area (Å²) in [7, 11) is 0. The summed E-state index contributed by atoms with van der Waals surface area (Å²) in [6.07, 6.45) is 7.41. The Morgan fingerprint density at radius 1 is 1.00 bits per heavy atom. The first-order chi connectivity index (χ1) is 7.84. The predicted octanol–water partition coefficient (Wildman–Crippen LogP) is 1.29. The number of amides is 1. The van der Waals surface area contributed by atoms with E-state index in [1.54, 1.807) is 0 Å². The Balaban J connectivity index is 1.53. The molecule has 0 bridgehead atoms. The van der Waals surface area contributed by atoms with Gasteiger partial charge in [0.1, 0.15) is 0 Å². The van der Waals surface area contributed by atoms with Gasteiger partial charge in [-0.3, -0.25) is 4.79 Å². The summed E-state index contributed by atoms with van der Waals surface area (Å²) in [5, 5.41) is 6.66. The molecule has 1 saturated heterocycles. The van der Waals surface area contributed by atoms with Crippen molar-refractivity contribution in [3.8, 4) is 0 Å². The van der Waals surface area contributed by atoms with Crippen LogP contribution in [0, 0.1) is 17.8 Å². The van der Waals surface area contributed by atoms with Gasteiger partial charge >= 0.3 is 0 Å². The van der Waals surface area contributed by atoms with Crippen LogP contribution in [0.2, 0.25) is 0 Å². The fraction of sp³-hybridized carbons (Fsp3) is 0.923. The lowest BCUT2D eigenvalue weighted by Gasteiger charge is -2.25. The number of nitrogens with one attached hydrogen (secondary N) is 2. The van der Waals surface area contributed by atoms with E-state index in [4.69, 9.17) is 0 Å². The number of rotatable bonds is 4. The minimum Gasteiger partial charge on any atom is -0.353 e. The van der Waals surface area contributed by atoms with Gasteiger partial charge in [-0.05, 0) is 63.5 Å². The second-order valence-corrected chi connectivity index (χ2v) is 5.73. The van der Waals surface area contributed by atoms with E-state index in [-0.39, 0.29) is 5.92 Å². The quantitative estimate of drug-likeness (QED) is 0.752. The normalized spacial score (nSPS) is 27.1. The van der Waals surface area contributed by atoms with Crippen molar-refractivity contribution in [2.45, 2.75) is 44.6 Å². The third-order valence-electron chi connectivity index (χ3n) is 4.28. The maximum Gasteiger partial charge on any atom is 0.223 e. The van der Waals surface area contributed by atoms with Crippen LogP contribution in [0.3, 0.4) is 0 Å². The topological polar surface area (TPSA) is 41.1 Å². The van der Waals surface area contributed by atoms with Crippen molar-refractivity contribution in [1.29, 1.82) is 0 Å². The SMILES string of the molecule is O=C(NC(C1CC1)C1CC1)C1CCNCC1. The minimum absolute atomic E-state index is 0.279. The zero-order chi connectivity index (χ0) is 11.0. The van der Waals surface area contributed by atoms with E-state index in [2.05, 4.69) is 10.6 Å². The zero-order valence-electron chi connectivity index (χ0n) is 9.87. The van der Waals surface area contributed by atoms with Crippen molar-refractivity contribution in [2.75, 3.05) is 13.1 Å². The van der Waals surface area contributed by atoms with Crippen LogP contribution in [0.15, 0.2) is 0 Å². The van der Waals surface area contributed by atoms with Crippen molar-refractivity contribution in [2.24, 2.45) is 17.8 Å². The van der Waals surface area contributed by atoms with Crippen LogP contribution in [0.5, 0.6) is 0 Å². The molecule has 0 spiro atoms. The second kappa shape index (κ2) is 4.36. The molecule has 0 atom stereocenters. The van der Waals surface area contributed by atoms with Gasteiger partial charge in [-0.2, -0.15) is 0 Å². The zero-order valence-corrected chi connectivity index (χ0v) is 9.87. The largest absolute Gasteiger partial charge is 0.353 e. The maximum absolute atomic E-state index is 12.1. The highest BCUT2D eigenvalue weighted by atomic mass is 16.2. The summed E-state index contributed by atoms with van der Waals surface area (Å²) >= 11 is 0. The van der Waals surface area contributed by atoms with Crippen molar-refractivity contribution in [3.05, 3.63) is 0 Å². The first-order valence-corrected chi connectivity index (χ1v) is 6.85. The van der Waals surface area contributed by atoms with Crippen LogP contribution < -0.4 is 10.6 Å². The smallest absolute Gasteiger partial charge is 0.223 e. The number of hydrogen-bond donors (Lipinski definition) is 2. The van der Waals surface area contributed by atoms with Crippen LogP contribution in [0.1, 0.15) is 38.5 Å². The molecule has 2 N–H and O–H groups in total. The Morgan fingerprint density at radius 2 is 1.56 bits per heavy atom. The summed E-state index contributed by atoms with van der Waals surface area (Å²) in [5.41, 5.74) is 0. The molecule has 1 amide bonds. The summed E-state index contributed by atoms with van der Waals surface area (Å²) < 4.78 is 0. The summed E-state index contributed by atoms with van der Waals surface area (Å²) in [6.45, 7) is 2.02. The van der Waals surface area contributed by atoms with Crippen molar-refractivity contribution in [3.63, 3.8) is 0 Å². The fourth-order valence-electron chi connectivity index (χ4n) is 2.90. The molecule has 2 aliphatic carbocycles. The van der Waals surface area contributed by atoms with Crippen LogP contribution in [-0.2, 0) is 4.79 Å². The highest BCUT2D eigenvalue weighted by Crippen LogP contribution is 2.44. The van der Waals surface area contributed by atoms with E-state index in [0.29, 0.717) is 11.9 Å². The van der Waals surface area contributed by atoms with Crippen LogP contribution in [-0.4, -0.2) is 25.0 Å². The molecule has 3 aliphatic rings. The Bertz CT molecular complexity index is 253. The van der Waals surface area contributed by atoms with Gasteiger partial charge in [-0.1, -0.05) is 0 Å². The van der Waals surface area contributed by atoms with E-state index >= 15 is 0 Å². The van der Waals surface area contributed by atoms with E-state index < -0.39 is 0 Å². The fourth-order valence-corrected chi connectivity index (χ4v) is 2.90. The van der Waals surface area contributed by atoms with Gasteiger partial charge in [0.2, 0.25) is 5.91 Å². The molecule has 1 heterocycles. The average Bonchev–Trinajstić information content (AvgIpc) is 3.19. The lowest BCUT2D eigenvalue weighted by Crippen LogP contribution is -2.44. The van der Waals surface area contributed by atoms with Gasteiger partial charge in [0.05, 0.1) is 0 Å². The molecular weight excluding hydrogens is 200 g/mol. The molecule has 0 aromatic carbocycles. The van der Waals surface area contributed by atoms with E-state index in [9.17, 15) is 4.79 Å². The molecule has 0 unspecified atom stereocenters. The highest BCUT2D eigenvalue weighted by molar-refractivity contribution is 5.79. The minimum atomic E-state index is 0.279. The van der Waals surface area contributed by atoms with Gasteiger partial charge in [0.25, 0.3) is 0 Å². The van der Waals surface area contributed by atoms with Crippen LogP contribution >= 0.6 is 0 Å². The van der Waals surface area contributed by atoms with Gasteiger partial charge in [-0.25, -0.2) is 0 Å². The van der Waals surface area contributed by atoms with E-state index in [1.165, 1.54) is 25.7 Å². The molecule has 3 fully saturated rings. The van der Waals surface area contributed by atoms with Gasteiger partial charge in [-0.15, -0.1) is 0 Å². The van der Waals surface area contributed by atoms with Crippen molar-refractivity contribution < 1.29 is 4.79 Å². The Kier molecular flexibility index (Phi) is 2.88. The lowest BCUT2D eigenvalue weighted by atomic mass is 9.96. The number of carbonyl (C=O) groups is 1. The molecule has 0 radical (unpaired) electrons. The Hall–Kier alpha value is -0.570. The second-order valence-electron chi connectivity index (χ2n) is 5.73. The third kappa shape index (κ3) is 2.40. The lowest BCUT2D eigenvalue weighted by molar-refractivity contribution is -0.126. The molecule has 3 rings (SSSR count). The molecular formula is C13H22N2O. The highest BCUT2D eigenvalue weighted by Gasteiger charge is 2.42. The van der Waals surface area contributed by atoms with E-state index in [0.717, 1.165) is 37.8 Å². The summed E-state index contributed by atoms with van der Waals surface area (Å²) in [4.78, 5) is 12.1. The summed E-state index contributed by atoms with van der Waals surface area (Å²) in [5.74, 6) is 2.25. The van der Waals surface area contributed by atoms with Crippen molar-refractivity contribution >= 4 is 5.91 Å². The van der Waals surface area contributed by atoms with E-state index in [1.807, 2.05) is 0 Å². The summed E-state index contributed by atoms with van der Waals surface area (Å²) in [6, 6.07) is 0.530. The first-order valence-electron chi connectivity index (χ1n) is 6.85. The maximum atomic E-state index is 12.1. The van der Waals surface area contributed by atoms with Gasteiger partial charge in [0.15, 0.2) is 0 Å².